The maximum atomic E-state index is 12.2. The van der Waals surface area contributed by atoms with Gasteiger partial charge in [0.1, 0.15) is 0 Å². The third kappa shape index (κ3) is 8.91. The third-order valence-electron chi connectivity index (χ3n) is 4.45. The molecule has 3 amide bonds. The molecule has 2 aromatic rings. The molecule has 0 saturated carbocycles. The Balaban J connectivity index is 1.92. The SMILES string of the molecule is CCOc1cc(/C=N\NC(=O)C(=O)NCCOC)ccc1OCC(=O)Nc1ccc(CC)cc1. The predicted molar refractivity (Wildman–Crippen MR) is 128 cm³/mol. The maximum absolute atomic E-state index is 12.2. The highest BCUT2D eigenvalue weighted by Gasteiger charge is 2.12. The van der Waals surface area contributed by atoms with Gasteiger partial charge in [-0.15, -0.1) is 0 Å². The zero-order valence-electron chi connectivity index (χ0n) is 19.6. The number of rotatable bonds is 12. The molecule has 34 heavy (non-hydrogen) atoms. The van der Waals surface area contributed by atoms with Crippen LogP contribution in [0.3, 0.4) is 0 Å². The van der Waals surface area contributed by atoms with Crippen molar-refractivity contribution in [2.24, 2.45) is 5.10 Å². The van der Waals surface area contributed by atoms with Crippen molar-refractivity contribution in [2.75, 3.05) is 38.8 Å². The summed E-state index contributed by atoms with van der Waals surface area (Å²) in [6.07, 6.45) is 2.29. The molecule has 2 rings (SSSR count). The van der Waals surface area contributed by atoms with Crippen LogP contribution in [-0.2, 0) is 25.5 Å². The van der Waals surface area contributed by atoms with Gasteiger partial charge in [-0.05, 0) is 54.8 Å². The summed E-state index contributed by atoms with van der Waals surface area (Å²) in [6.45, 7) is 4.58. The van der Waals surface area contributed by atoms with Gasteiger partial charge >= 0.3 is 11.8 Å². The van der Waals surface area contributed by atoms with E-state index in [1.165, 1.54) is 18.9 Å². The lowest BCUT2D eigenvalue weighted by molar-refractivity contribution is -0.139. The predicted octanol–water partition coefficient (Wildman–Crippen LogP) is 1.88. The minimum atomic E-state index is -0.896. The highest BCUT2D eigenvalue weighted by Crippen LogP contribution is 2.28. The van der Waals surface area contributed by atoms with Crippen LogP contribution in [0.1, 0.15) is 25.0 Å². The van der Waals surface area contributed by atoms with Crippen molar-refractivity contribution in [2.45, 2.75) is 20.3 Å². The fourth-order valence-electron chi connectivity index (χ4n) is 2.72. The van der Waals surface area contributed by atoms with Crippen molar-refractivity contribution in [3.8, 4) is 11.5 Å². The molecule has 0 heterocycles. The molecule has 10 nitrogen and oxygen atoms in total. The first kappa shape index (κ1) is 26.3. The molecule has 0 bridgehead atoms. The van der Waals surface area contributed by atoms with Crippen molar-refractivity contribution in [1.82, 2.24) is 10.7 Å². The summed E-state index contributed by atoms with van der Waals surface area (Å²) in [5, 5.41) is 8.95. The number of ether oxygens (including phenoxy) is 3. The molecule has 0 aliphatic rings. The fraction of sp³-hybridized carbons (Fsp3) is 0.333. The van der Waals surface area contributed by atoms with Crippen LogP contribution in [-0.4, -0.2) is 57.4 Å². The van der Waals surface area contributed by atoms with Gasteiger partial charge in [0.2, 0.25) is 0 Å². The van der Waals surface area contributed by atoms with E-state index in [9.17, 15) is 14.4 Å². The van der Waals surface area contributed by atoms with Crippen LogP contribution < -0.4 is 25.5 Å². The number of amides is 3. The lowest BCUT2D eigenvalue weighted by Crippen LogP contribution is -2.39. The first-order valence-electron chi connectivity index (χ1n) is 10.8. The Morgan fingerprint density at radius 3 is 2.41 bits per heavy atom. The van der Waals surface area contributed by atoms with Crippen molar-refractivity contribution < 1.29 is 28.6 Å². The van der Waals surface area contributed by atoms with Gasteiger partial charge in [-0.25, -0.2) is 5.43 Å². The summed E-state index contributed by atoms with van der Waals surface area (Å²) in [5.74, 6) is -1.21. The summed E-state index contributed by atoms with van der Waals surface area (Å²) >= 11 is 0. The van der Waals surface area contributed by atoms with E-state index in [1.54, 1.807) is 18.2 Å². The monoisotopic (exact) mass is 470 g/mol. The van der Waals surface area contributed by atoms with Gasteiger partial charge in [0.15, 0.2) is 18.1 Å². The Morgan fingerprint density at radius 1 is 0.971 bits per heavy atom. The summed E-state index contributed by atoms with van der Waals surface area (Å²) in [6, 6.07) is 12.6. The van der Waals surface area contributed by atoms with Crippen LogP contribution in [0, 0.1) is 0 Å². The quantitative estimate of drug-likeness (QED) is 0.188. The molecule has 0 atom stereocenters. The second-order valence-corrected chi connectivity index (χ2v) is 6.97. The molecular weight excluding hydrogens is 440 g/mol. The highest BCUT2D eigenvalue weighted by molar-refractivity contribution is 6.35. The number of hydrogen-bond donors (Lipinski definition) is 3. The van der Waals surface area contributed by atoms with Crippen molar-refractivity contribution in [1.29, 1.82) is 0 Å². The molecule has 0 saturated heterocycles. The topological polar surface area (TPSA) is 127 Å². The number of benzene rings is 2. The molecule has 0 radical (unpaired) electrons. The van der Waals surface area contributed by atoms with Gasteiger partial charge < -0.3 is 24.8 Å². The third-order valence-corrected chi connectivity index (χ3v) is 4.45. The van der Waals surface area contributed by atoms with Crippen LogP contribution in [0.5, 0.6) is 11.5 Å². The molecule has 0 spiro atoms. The highest BCUT2D eigenvalue weighted by atomic mass is 16.5. The number of nitrogens with one attached hydrogen (secondary N) is 3. The average Bonchev–Trinajstić information content (AvgIpc) is 2.84. The number of methoxy groups -OCH3 is 1. The standard InChI is InChI=1S/C24H30N4O6/c1-4-17-6-9-19(10-7-17)27-22(29)16-34-20-11-8-18(14-21(20)33-5-2)15-26-28-24(31)23(30)25-12-13-32-3/h6-11,14-15H,4-5,12-13,16H2,1-3H3,(H,25,30)(H,27,29)(H,28,31)/b26-15-. The number of anilines is 1. The van der Waals surface area contributed by atoms with Gasteiger partial charge in [-0.1, -0.05) is 19.1 Å². The summed E-state index contributed by atoms with van der Waals surface area (Å²) < 4.78 is 16.0. The summed E-state index contributed by atoms with van der Waals surface area (Å²) in [4.78, 5) is 35.5. The summed E-state index contributed by atoms with van der Waals surface area (Å²) in [7, 11) is 1.49. The van der Waals surface area contributed by atoms with E-state index in [0.29, 0.717) is 36.0 Å². The first-order valence-corrected chi connectivity index (χ1v) is 10.8. The Labute approximate surface area is 198 Å². The molecule has 0 aliphatic carbocycles. The minimum Gasteiger partial charge on any atom is -0.490 e. The maximum Gasteiger partial charge on any atom is 0.329 e. The molecule has 3 N–H and O–H groups in total. The minimum absolute atomic E-state index is 0.197. The zero-order chi connectivity index (χ0) is 24.8. The average molecular weight is 471 g/mol. The van der Waals surface area contributed by atoms with Gasteiger partial charge in [0.25, 0.3) is 5.91 Å². The number of hydrazone groups is 1. The Hall–Kier alpha value is -3.92. The Bertz CT molecular complexity index is 991. The molecule has 0 aliphatic heterocycles. The van der Waals surface area contributed by atoms with E-state index < -0.39 is 11.8 Å². The smallest absolute Gasteiger partial charge is 0.329 e. The van der Waals surface area contributed by atoms with E-state index in [1.807, 2.05) is 31.2 Å². The first-order chi connectivity index (χ1) is 16.5. The van der Waals surface area contributed by atoms with E-state index in [0.717, 1.165) is 6.42 Å². The van der Waals surface area contributed by atoms with E-state index in [-0.39, 0.29) is 19.1 Å². The van der Waals surface area contributed by atoms with E-state index in [2.05, 4.69) is 28.1 Å². The van der Waals surface area contributed by atoms with E-state index >= 15 is 0 Å². The molecule has 10 heteroatoms. The number of aryl methyl sites for hydroxylation is 1. The molecule has 0 fully saturated rings. The van der Waals surface area contributed by atoms with Crippen molar-refractivity contribution in [3.63, 3.8) is 0 Å². The zero-order valence-corrected chi connectivity index (χ0v) is 19.6. The van der Waals surface area contributed by atoms with Crippen molar-refractivity contribution in [3.05, 3.63) is 53.6 Å². The fourth-order valence-corrected chi connectivity index (χ4v) is 2.72. The number of nitrogens with zero attached hydrogens (tertiary/aromatic N) is 1. The number of hydrogen-bond acceptors (Lipinski definition) is 7. The van der Waals surface area contributed by atoms with Gasteiger partial charge in [-0.3, -0.25) is 14.4 Å². The molecule has 0 aromatic heterocycles. The molecule has 182 valence electrons. The van der Waals surface area contributed by atoms with E-state index in [4.69, 9.17) is 14.2 Å². The van der Waals surface area contributed by atoms with Crippen molar-refractivity contribution >= 4 is 29.6 Å². The Morgan fingerprint density at radius 2 is 1.74 bits per heavy atom. The Kier molecular flexibility index (Phi) is 11.1. The van der Waals surface area contributed by atoms with Gasteiger partial charge in [0, 0.05) is 19.3 Å². The second kappa shape index (κ2) is 14.3. The van der Waals surface area contributed by atoms with Gasteiger partial charge in [0.05, 0.1) is 19.4 Å². The molecule has 2 aromatic carbocycles. The van der Waals surface area contributed by atoms with Crippen LogP contribution >= 0.6 is 0 Å². The lowest BCUT2D eigenvalue weighted by atomic mass is 10.1. The largest absolute Gasteiger partial charge is 0.490 e. The number of carbonyl (C=O) groups is 3. The lowest BCUT2D eigenvalue weighted by Gasteiger charge is -2.13. The molecular formula is C24H30N4O6. The van der Waals surface area contributed by atoms with Crippen LogP contribution in [0.15, 0.2) is 47.6 Å². The molecule has 0 unspecified atom stereocenters. The van der Waals surface area contributed by atoms with Crippen LogP contribution in [0.4, 0.5) is 5.69 Å². The summed E-state index contributed by atoms with van der Waals surface area (Å²) in [5.41, 5.74) is 4.62. The van der Waals surface area contributed by atoms with Crippen LogP contribution in [0.2, 0.25) is 0 Å². The normalized spacial score (nSPS) is 10.6. The van der Waals surface area contributed by atoms with Gasteiger partial charge in [-0.2, -0.15) is 5.10 Å². The van der Waals surface area contributed by atoms with Crippen LogP contribution in [0.25, 0.3) is 0 Å². The number of carbonyl (C=O) groups excluding carboxylic acids is 3. The second-order valence-electron chi connectivity index (χ2n) is 6.97.